The van der Waals surface area contributed by atoms with Gasteiger partial charge in [0.25, 0.3) is 11.5 Å². The fourth-order valence-electron chi connectivity index (χ4n) is 3.98. The van der Waals surface area contributed by atoms with Crippen molar-refractivity contribution in [2.75, 3.05) is 13.1 Å². The molecule has 3 heterocycles. The highest BCUT2D eigenvalue weighted by atomic mass is 16.2. The van der Waals surface area contributed by atoms with Crippen molar-refractivity contribution in [3.63, 3.8) is 0 Å². The predicted molar refractivity (Wildman–Crippen MR) is 118 cm³/mol. The van der Waals surface area contributed by atoms with E-state index in [9.17, 15) is 9.59 Å². The predicted octanol–water partition coefficient (Wildman–Crippen LogP) is 3.64. The van der Waals surface area contributed by atoms with E-state index in [-0.39, 0.29) is 16.9 Å². The van der Waals surface area contributed by atoms with Crippen LogP contribution in [0.15, 0.2) is 53.5 Å². The number of piperidine rings is 1. The van der Waals surface area contributed by atoms with Crippen molar-refractivity contribution in [1.82, 2.24) is 19.7 Å². The summed E-state index contributed by atoms with van der Waals surface area (Å²) in [6, 6.07) is 13.2. The SMILES string of the molecule is CC(C)(C)c1ccc(=O)n(CC2CCN(C(=O)c3nccc4ccccc34)CC2)n1. The molecular formula is C24H28N4O2. The molecular weight excluding hydrogens is 376 g/mol. The normalized spacial score (nSPS) is 15.5. The van der Waals surface area contributed by atoms with Crippen molar-refractivity contribution in [3.05, 3.63) is 70.4 Å². The van der Waals surface area contributed by atoms with Crippen molar-refractivity contribution in [2.45, 2.75) is 45.6 Å². The standard InChI is InChI=1S/C24H28N4O2/c1-24(2,3)20-8-9-21(29)28(26-20)16-17-11-14-27(15-12-17)23(30)22-19-7-5-4-6-18(19)10-13-25-22/h4-10,13,17H,11-12,14-16H2,1-3H3. The van der Waals surface area contributed by atoms with Crippen LogP contribution in [0, 0.1) is 5.92 Å². The van der Waals surface area contributed by atoms with Crippen LogP contribution in [-0.2, 0) is 12.0 Å². The highest BCUT2D eigenvalue weighted by molar-refractivity contribution is 6.05. The van der Waals surface area contributed by atoms with Crippen molar-refractivity contribution >= 4 is 16.7 Å². The minimum absolute atomic E-state index is 0.0183. The van der Waals surface area contributed by atoms with Crippen molar-refractivity contribution in [2.24, 2.45) is 5.92 Å². The van der Waals surface area contributed by atoms with Gasteiger partial charge in [0.15, 0.2) is 0 Å². The average molecular weight is 405 g/mol. The summed E-state index contributed by atoms with van der Waals surface area (Å²) in [6.07, 6.45) is 3.40. The lowest BCUT2D eigenvalue weighted by molar-refractivity contribution is 0.0676. The Hall–Kier alpha value is -3.02. The molecule has 1 saturated heterocycles. The maximum absolute atomic E-state index is 13.1. The number of fused-ring (bicyclic) bond motifs is 1. The number of carbonyl (C=O) groups is 1. The zero-order chi connectivity index (χ0) is 21.3. The molecule has 0 saturated carbocycles. The quantitative estimate of drug-likeness (QED) is 0.668. The Morgan fingerprint density at radius 3 is 2.53 bits per heavy atom. The summed E-state index contributed by atoms with van der Waals surface area (Å²) in [7, 11) is 0. The van der Waals surface area contributed by atoms with Gasteiger partial charge in [-0.15, -0.1) is 0 Å². The van der Waals surface area contributed by atoms with E-state index in [4.69, 9.17) is 0 Å². The number of amides is 1. The number of pyridine rings is 1. The molecule has 0 radical (unpaired) electrons. The van der Waals surface area contributed by atoms with Crippen LogP contribution >= 0.6 is 0 Å². The molecule has 0 atom stereocenters. The second-order valence-corrected chi connectivity index (χ2v) is 9.11. The molecule has 1 aromatic carbocycles. The van der Waals surface area contributed by atoms with E-state index in [1.807, 2.05) is 41.3 Å². The van der Waals surface area contributed by atoms with Crippen LogP contribution in [-0.4, -0.2) is 38.7 Å². The van der Waals surface area contributed by atoms with Gasteiger partial charge < -0.3 is 4.90 Å². The van der Waals surface area contributed by atoms with Gasteiger partial charge in [-0.1, -0.05) is 45.0 Å². The summed E-state index contributed by atoms with van der Waals surface area (Å²) in [5.74, 6) is 0.310. The first-order valence-electron chi connectivity index (χ1n) is 10.5. The summed E-state index contributed by atoms with van der Waals surface area (Å²) in [5, 5.41) is 6.50. The summed E-state index contributed by atoms with van der Waals surface area (Å²) >= 11 is 0. The minimum Gasteiger partial charge on any atom is -0.337 e. The summed E-state index contributed by atoms with van der Waals surface area (Å²) < 4.78 is 1.59. The number of rotatable bonds is 3. The number of aromatic nitrogens is 3. The first-order chi connectivity index (χ1) is 14.3. The Morgan fingerprint density at radius 2 is 1.80 bits per heavy atom. The number of nitrogens with zero attached hydrogens (tertiary/aromatic N) is 4. The van der Waals surface area contributed by atoms with Gasteiger partial charge in [0, 0.05) is 42.7 Å². The van der Waals surface area contributed by atoms with E-state index in [0.717, 1.165) is 29.3 Å². The molecule has 156 valence electrons. The fraction of sp³-hybridized carbons (Fsp3) is 0.417. The first-order valence-corrected chi connectivity index (χ1v) is 10.5. The van der Waals surface area contributed by atoms with E-state index in [0.29, 0.717) is 31.2 Å². The Bertz CT molecular complexity index is 1120. The molecule has 2 aromatic heterocycles. The van der Waals surface area contributed by atoms with Crippen LogP contribution < -0.4 is 5.56 Å². The number of likely N-dealkylation sites (tertiary alicyclic amines) is 1. The van der Waals surface area contributed by atoms with Crippen LogP contribution in [0.1, 0.15) is 49.8 Å². The van der Waals surface area contributed by atoms with E-state index in [2.05, 4.69) is 30.9 Å². The van der Waals surface area contributed by atoms with E-state index in [1.54, 1.807) is 16.9 Å². The Labute approximate surface area is 176 Å². The lowest BCUT2D eigenvalue weighted by Crippen LogP contribution is -2.40. The van der Waals surface area contributed by atoms with Crippen molar-refractivity contribution in [1.29, 1.82) is 0 Å². The van der Waals surface area contributed by atoms with Gasteiger partial charge in [-0.05, 0) is 36.3 Å². The van der Waals surface area contributed by atoms with Gasteiger partial charge in [-0.2, -0.15) is 5.10 Å². The summed E-state index contributed by atoms with van der Waals surface area (Å²) in [5.41, 5.74) is 1.26. The molecule has 3 aromatic rings. The summed E-state index contributed by atoms with van der Waals surface area (Å²) in [4.78, 5) is 31.6. The molecule has 0 unspecified atom stereocenters. The monoisotopic (exact) mass is 404 g/mol. The molecule has 4 rings (SSSR count). The largest absolute Gasteiger partial charge is 0.337 e. The number of benzene rings is 1. The maximum Gasteiger partial charge on any atom is 0.273 e. The lowest BCUT2D eigenvalue weighted by Gasteiger charge is -2.32. The molecule has 1 aliphatic heterocycles. The number of hydrogen-bond donors (Lipinski definition) is 0. The van der Waals surface area contributed by atoms with Crippen molar-refractivity contribution < 1.29 is 4.79 Å². The molecule has 0 aliphatic carbocycles. The molecule has 1 aliphatic rings. The Morgan fingerprint density at radius 1 is 1.07 bits per heavy atom. The maximum atomic E-state index is 13.1. The third-order valence-electron chi connectivity index (χ3n) is 5.84. The van der Waals surface area contributed by atoms with Crippen LogP contribution in [0.3, 0.4) is 0 Å². The van der Waals surface area contributed by atoms with E-state index < -0.39 is 0 Å². The molecule has 0 N–H and O–H groups in total. The van der Waals surface area contributed by atoms with Crippen LogP contribution in [0.5, 0.6) is 0 Å². The second kappa shape index (κ2) is 8.01. The second-order valence-electron chi connectivity index (χ2n) is 9.11. The van der Waals surface area contributed by atoms with E-state index >= 15 is 0 Å². The fourth-order valence-corrected chi connectivity index (χ4v) is 3.98. The van der Waals surface area contributed by atoms with Crippen LogP contribution in [0.25, 0.3) is 10.8 Å². The van der Waals surface area contributed by atoms with Crippen LogP contribution in [0.2, 0.25) is 0 Å². The molecule has 1 fully saturated rings. The molecule has 6 nitrogen and oxygen atoms in total. The highest BCUT2D eigenvalue weighted by Gasteiger charge is 2.26. The first kappa shape index (κ1) is 20.3. The number of hydrogen-bond acceptors (Lipinski definition) is 4. The molecule has 0 spiro atoms. The van der Waals surface area contributed by atoms with Gasteiger partial charge in [0.1, 0.15) is 5.69 Å². The third-order valence-corrected chi connectivity index (χ3v) is 5.84. The average Bonchev–Trinajstić information content (AvgIpc) is 2.74. The Kier molecular flexibility index (Phi) is 5.41. The Balaban J connectivity index is 1.44. The summed E-state index contributed by atoms with van der Waals surface area (Å²) in [6.45, 7) is 8.21. The van der Waals surface area contributed by atoms with Gasteiger partial charge >= 0.3 is 0 Å². The topological polar surface area (TPSA) is 68.1 Å². The van der Waals surface area contributed by atoms with Gasteiger partial charge in [-0.3, -0.25) is 14.6 Å². The smallest absolute Gasteiger partial charge is 0.273 e. The zero-order valence-electron chi connectivity index (χ0n) is 17.8. The molecule has 1 amide bonds. The van der Waals surface area contributed by atoms with Gasteiger partial charge in [-0.25, -0.2) is 4.68 Å². The lowest BCUT2D eigenvalue weighted by atomic mass is 9.92. The highest BCUT2D eigenvalue weighted by Crippen LogP contribution is 2.23. The molecule has 30 heavy (non-hydrogen) atoms. The third kappa shape index (κ3) is 4.13. The van der Waals surface area contributed by atoms with Crippen LogP contribution in [0.4, 0.5) is 0 Å². The molecule has 6 heteroatoms. The van der Waals surface area contributed by atoms with Gasteiger partial charge in [0.2, 0.25) is 0 Å². The minimum atomic E-state index is -0.101. The van der Waals surface area contributed by atoms with Crippen molar-refractivity contribution in [3.8, 4) is 0 Å². The number of carbonyl (C=O) groups excluding carboxylic acids is 1. The molecule has 0 bridgehead atoms. The van der Waals surface area contributed by atoms with E-state index in [1.165, 1.54) is 0 Å². The van der Waals surface area contributed by atoms with Gasteiger partial charge in [0.05, 0.1) is 5.69 Å². The zero-order valence-corrected chi connectivity index (χ0v) is 17.8.